The van der Waals surface area contributed by atoms with E-state index in [9.17, 15) is 0 Å². The summed E-state index contributed by atoms with van der Waals surface area (Å²) in [5.41, 5.74) is 11.1. The fourth-order valence-electron chi connectivity index (χ4n) is 1.25. The number of guanidine groups is 1. The highest BCUT2D eigenvalue weighted by atomic mass is 16.5. The van der Waals surface area contributed by atoms with Crippen molar-refractivity contribution in [3.05, 3.63) is 23.8 Å². The molecule has 0 saturated heterocycles. The molecule has 0 spiro atoms. The summed E-state index contributed by atoms with van der Waals surface area (Å²) in [5.74, 6) is 1.16. The molecule has 1 rings (SSSR count). The van der Waals surface area contributed by atoms with Crippen LogP contribution < -0.4 is 20.9 Å². The van der Waals surface area contributed by atoms with Gasteiger partial charge in [-0.1, -0.05) is 6.07 Å². The van der Waals surface area contributed by atoms with Crippen molar-refractivity contribution in [2.75, 3.05) is 13.7 Å². The van der Waals surface area contributed by atoms with Gasteiger partial charge in [0, 0.05) is 5.56 Å². The number of methoxy groups -OCH3 is 1. The van der Waals surface area contributed by atoms with Crippen molar-refractivity contribution in [3.8, 4) is 11.5 Å². The lowest BCUT2D eigenvalue weighted by molar-refractivity contribution is 0.310. The maximum atomic E-state index is 5.49. The van der Waals surface area contributed by atoms with Crippen molar-refractivity contribution >= 4 is 12.2 Å². The van der Waals surface area contributed by atoms with E-state index in [1.54, 1.807) is 7.11 Å². The van der Waals surface area contributed by atoms with Crippen LogP contribution in [0.15, 0.2) is 28.4 Å². The molecule has 0 aliphatic rings. The lowest BCUT2D eigenvalue weighted by Gasteiger charge is -2.11. The summed E-state index contributed by atoms with van der Waals surface area (Å²) in [6, 6.07) is 5.47. The van der Waals surface area contributed by atoms with Crippen LogP contribution in [0.25, 0.3) is 0 Å². The molecule has 0 aliphatic heterocycles. The summed E-state index contributed by atoms with van der Waals surface area (Å²) in [6.07, 6.45) is 1.51. The molecule has 0 radical (unpaired) electrons. The van der Waals surface area contributed by atoms with Gasteiger partial charge < -0.3 is 20.9 Å². The molecule has 0 aromatic heterocycles. The van der Waals surface area contributed by atoms with Gasteiger partial charge in [-0.15, -0.1) is 5.10 Å². The first-order valence-corrected chi connectivity index (χ1v) is 5.10. The first kappa shape index (κ1) is 12.8. The average Bonchev–Trinajstić information content (AvgIpc) is 2.30. The Bertz CT molecular complexity index is 425. The standard InChI is InChI=1S/C11H16N4O2/c1-3-17-10-8(7-14-15-11(12)13)5-4-6-9(10)16-2/h4-7H,3H2,1-2H3,(H4,12,13,15). The third kappa shape index (κ3) is 3.67. The van der Waals surface area contributed by atoms with Crippen LogP contribution in [-0.4, -0.2) is 25.9 Å². The van der Waals surface area contributed by atoms with Gasteiger partial charge in [-0.25, -0.2) is 0 Å². The van der Waals surface area contributed by atoms with Gasteiger partial charge in [0.15, 0.2) is 11.5 Å². The average molecular weight is 236 g/mol. The minimum Gasteiger partial charge on any atom is -0.493 e. The van der Waals surface area contributed by atoms with Crippen molar-refractivity contribution in [3.63, 3.8) is 0 Å². The smallest absolute Gasteiger partial charge is 0.211 e. The number of ether oxygens (including phenoxy) is 2. The number of hydrogen-bond donors (Lipinski definition) is 2. The van der Waals surface area contributed by atoms with Gasteiger partial charge in [-0.3, -0.25) is 0 Å². The van der Waals surface area contributed by atoms with Gasteiger partial charge in [0.2, 0.25) is 5.96 Å². The van der Waals surface area contributed by atoms with E-state index in [0.717, 1.165) is 5.56 Å². The lowest BCUT2D eigenvalue weighted by Crippen LogP contribution is -2.21. The van der Waals surface area contributed by atoms with Crippen molar-refractivity contribution in [2.24, 2.45) is 21.7 Å². The van der Waals surface area contributed by atoms with Gasteiger partial charge in [-0.05, 0) is 19.1 Å². The molecule has 0 fully saturated rings. The Kier molecular flexibility index (Phi) is 4.80. The molecular formula is C11H16N4O2. The van der Waals surface area contributed by atoms with Gasteiger partial charge in [0.25, 0.3) is 0 Å². The third-order valence-electron chi connectivity index (χ3n) is 1.89. The van der Waals surface area contributed by atoms with E-state index >= 15 is 0 Å². The van der Waals surface area contributed by atoms with E-state index in [-0.39, 0.29) is 5.96 Å². The van der Waals surface area contributed by atoms with E-state index in [1.165, 1.54) is 6.21 Å². The zero-order chi connectivity index (χ0) is 12.7. The van der Waals surface area contributed by atoms with E-state index in [4.69, 9.17) is 20.9 Å². The summed E-state index contributed by atoms with van der Waals surface area (Å²) in [6.45, 7) is 2.42. The van der Waals surface area contributed by atoms with E-state index in [0.29, 0.717) is 18.1 Å². The molecule has 0 saturated carbocycles. The molecule has 6 nitrogen and oxygen atoms in total. The Morgan fingerprint density at radius 1 is 1.41 bits per heavy atom. The van der Waals surface area contributed by atoms with Crippen LogP contribution in [0.4, 0.5) is 0 Å². The van der Waals surface area contributed by atoms with Crippen molar-refractivity contribution in [1.29, 1.82) is 0 Å². The van der Waals surface area contributed by atoms with Crippen LogP contribution in [0.3, 0.4) is 0 Å². The van der Waals surface area contributed by atoms with E-state index < -0.39 is 0 Å². The van der Waals surface area contributed by atoms with Crippen LogP contribution in [0.2, 0.25) is 0 Å². The molecular weight excluding hydrogens is 220 g/mol. The first-order chi connectivity index (χ1) is 8.19. The summed E-state index contributed by atoms with van der Waals surface area (Å²) < 4.78 is 10.7. The molecule has 6 heteroatoms. The van der Waals surface area contributed by atoms with Crippen LogP contribution >= 0.6 is 0 Å². The Labute approximate surface area is 99.9 Å². The first-order valence-electron chi connectivity index (χ1n) is 5.10. The molecule has 0 amide bonds. The highest BCUT2D eigenvalue weighted by Crippen LogP contribution is 2.29. The molecule has 0 atom stereocenters. The maximum Gasteiger partial charge on any atom is 0.211 e. The second kappa shape index (κ2) is 6.37. The zero-order valence-corrected chi connectivity index (χ0v) is 9.88. The molecule has 17 heavy (non-hydrogen) atoms. The second-order valence-corrected chi connectivity index (χ2v) is 3.08. The van der Waals surface area contributed by atoms with Crippen molar-refractivity contribution in [1.82, 2.24) is 0 Å². The Morgan fingerprint density at radius 2 is 2.18 bits per heavy atom. The molecule has 0 aliphatic carbocycles. The molecule has 4 N–H and O–H groups in total. The highest BCUT2D eigenvalue weighted by molar-refractivity contribution is 5.86. The zero-order valence-electron chi connectivity index (χ0n) is 9.88. The number of nitrogens with zero attached hydrogens (tertiary/aromatic N) is 2. The van der Waals surface area contributed by atoms with Crippen LogP contribution in [0.1, 0.15) is 12.5 Å². The van der Waals surface area contributed by atoms with E-state index in [2.05, 4.69) is 10.2 Å². The quantitative estimate of drug-likeness (QED) is 0.447. The number of para-hydroxylation sites is 1. The molecule has 0 unspecified atom stereocenters. The predicted molar refractivity (Wildman–Crippen MR) is 67.6 cm³/mol. The number of benzene rings is 1. The van der Waals surface area contributed by atoms with Crippen LogP contribution in [-0.2, 0) is 0 Å². The molecule has 0 heterocycles. The van der Waals surface area contributed by atoms with E-state index in [1.807, 2.05) is 25.1 Å². The number of hydrogen-bond acceptors (Lipinski definition) is 4. The fourth-order valence-corrected chi connectivity index (χ4v) is 1.25. The van der Waals surface area contributed by atoms with Crippen molar-refractivity contribution < 1.29 is 9.47 Å². The van der Waals surface area contributed by atoms with Crippen LogP contribution in [0, 0.1) is 0 Å². The SMILES string of the molecule is CCOc1c(C=NN=C(N)N)cccc1OC. The Hall–Kier alpha value is -2.24. The summed E-state index contributed by atoms with van der Waals surface area (Å²) in [5, 5.41) is 7.26. The topological polar surface area (TPSA) is 95.2 Å². The van der Waals surface area contributed by atoms with Gasteiger partial charge in [-0.2, -0.15) is 5.10 Å². The van der Waals surface area contributed by atoms with Gasteiger partial charge >= 0.3 is 0 Å². The minimum atomic E-state index is -0.0953. The molecule has 1 aromatic rings. The fraction of sp³-hybridized carbons (Fsp3) is 0.273. The van der Waals surface area contributed by atoms with Crippen LogP contribution in [0.5, 0.6) is 11.5 Å². The molecule has 92 valence electrons. The monoisotopic (exact) mass is 236 g/mol. The Morgan fingerprint density at radius 3 is 2.76 bits per heavy atom. The molecule has 1 aromatic carbocycles. The predicted octanol–water partition coefficient (Wildman–Crippen LogP) is 0.701. The summed E-state index contributed by atoms with van der Waals surface area (Å²) in [7, 11) is 1.58. The molecule has 0 bridgehead atoms. The van der Waals surface area contributed by atoms with Gasteiger partial charge in [0.1, 0.15) is 0 Å². The van der Waals surface area contributed by atoms with Crippen molar-refractivity contribution in [2.45, 2.75) is 6.92 Å². The Balaban J connectivity index is 3.05. The highest BCUT2D eigenvalue weighted by Gasteiger charge is 2.07. The second-order valence-electron chi connectivity index (χ2n) is 3.08. The third-order valence-corrected chi connectivity index (χ3v) is 1.89. The lowest BCUT2D eigenvalue weighted by atomic mass is 10.2. The maximum absolute atomic E-state index is 5.49. The largest absolute Gasteiger partial charge is 0.493 e. The number of nitrogens with two attached hydrogens (primary N) is 2. The summed E-state index contributed by atoms with van der Waals surface area (Å²) >= 11 is 0. The minimum absolute atomic E-state index is 0.0953. The van der Waals surface area contributed by atoms with Gasteiger partial charge in [0.05, 0.1) is 19.9 Å². The number of rotatable bonds is 5. The normalized spacial score (nSPS) is 10.2. The summed E-state index contributed by atoms with van der Waals surface area (Å²) in [4.78, 5) is 0.